The number of piperazine rings is 1. The molecular formula is C13H24N2. The molecule has 0 aliphatic carbocycles. The molecule has 15 heavy (non-hydrogen) atoms. The Morgan fingerprint density at radius 2 is 2.20 bits per heavy atom. The first-order valence-electron chi connectivity index (χ1n) is 5.92. The Kier molecular flexibility index (Phi) is 4.19. The van der Waals surface area contributed by atoms with Crippen LogP contribution in [0.1, 0.15) is 34.1 Å². The molecule has 0 aromatic carbocycles. The predicted molar refractivity (Wildman–Crippen MR) is 65.7 cm³/mol. The van der Waals surface area contributed by atoms with Crippen LogP contribution >= 0.6 is 0 Å². The summed E-state index contributed by atoms with van der Waals surface area (Å²) in [7, 11) is 0. The van der Waals surface area contributed by atoms with Crippen LogP contribution in [0, 0.1) is 18.3 Å². The highest BCUT2D eigenvalue weighted by Crippen LogP contribution is 2.17. The lowest BCUT2D eigenvalue weighted by molar-refractivity contribution is 0.115. The van der Waals surface area contributed by atoms with Crippen LogP contribution in [0.5, 0.6) is 0 Å². The Balaban J connectivity index is 2.53. The van der Waals surface area contributed by atoms with Gasteiger partial charge in [0.25, 0.3) is 0 Å². The molecule has 86 valence electrons. The van der Waals surface area contributed by atoms with Crippen LogP contribution in [-0.2, 0) is 0 Å². The van der Waals surface area contributed by atoms with Gasteiger partial charge in [0, 0.05) is 25.7 Å². The van der Waals surface area contributed by atoms with Crippen LogP contribution in [-0.4, -0.2) is 36.1 Å². The third kappa shape index (κ3) is 3.52. The first kappa shape index (κ1) is 12.5. The average Bonchev–Trinajstić information content (AvgIpc) is 2.17. The quantitative estimate of drug-likeness (QED) is 0.710. The van der Waals surface area contributed by atoms with E-state index in [1.807, 2.05) is 0 Å². The average molecular weight is 208 g/mol. The van der Waals surface area contributed by atoms with E-state index in [2.05, 4.69) is 43.8 Å². The van der Waals surface area contributed by atoms with Crippen molar-refractivity contribution in [2.75, 3.05) is 19.6 Å². The Bertz CT molecular complexity index is 237. The van der Waals surface area contributed by atoms with Gasteiger partial charge in [-0.3, -0.25) is 4.90 Å². The SMILES string of the molecule is C#CC(C)(C)N1CCNC(CC(C)C)C1. The van der Waals surface area contributed by atoms with E-state index in [1.165, 1.54) is 6.42 Å². The maximum atomic E-state index is 5.57. The standard InChI is InChI=1S/C13H24N2/c1-6-13(4,5)15-8-7-14-12(10-15)9-11(2)3/h1,11-12,14H,7-10H2,2-5H3. The van der Waals surface area contributed by atoms with Gasteiger partial charge in [-0.2, -0.15) is 0 Å². The van der Waals surface area contributed by atoms with Crippen molar-refractivity contribution in [1.29, 1.82) is 0 Å². The number of hydrogen-bond acceptors (Lipinski definition) is 2. The fourth-order valence-corrected chi connectivity index (χ4v) is 2.15. The van der Waals surface area contributed by atoms with E-state index >= 15 is 0 Å². The topological polar surface area (TPSA) is 15.3 Å². The Morgan fingerprint density at radius 3 is 2.73 bits per heavy atom. The van der Waals surface area contributed by atoms with E-state index in [0.29, 0.717) is 6.04 Å². The number of nitrogens with zero attached hydrogens (tertiary/aromatic N) is 1. The van der Waals surface area contributed by atoms with Gasteiger partial charge in [0.2, 0.25) is 0 Å². The summed E-state index contributed by atoms with van der Waals surface area (Å²) in [5, 5.41) is 3.57. The highest BCUT2D eigenvalue weighted by atomic mass is 15.2. The zero-order chi connectivity index (χ0) is 11.5. The van der Waals surface area contributed by atoms with Gasteiger partial charge in [0.1, 0.15) is 0 Å². The summed E-state index contributed by atoms with van der Waals surface area (Å²) in [4.78, 5) is 2.41. The molecule has 1 saturated heterocycles. The molecule has 1 unspecified atom stereocenters. The second-order valence-corrected chi connectivity index (χ2v) is 5.43. The zero-order valence-electron chi connectivity index (χ0n) is 10.5. The van der Waals surface area contributed by atoms with Crippen molar-refractivity contribution in [2.24, 2.45) is 5.92 Å². The van der Waals surface area contributed by atoms with E-state index in [0.717, 1.165) is 25.6 Å². The second-order valence-electron chi connectivity index (χ2n) is 5.43. The van der Waals surface area contributed by atoms with Gasteiger partial charge in [-0.1, -0.05) is 19.8 Å². The summed E-state index contributed by atoms with van der Waals surface area (Å²) >= 11 is 0. The van der Waals surface area contributed by atoms with Gasteiger partial charge in [0.15, 0.2) is 0 Å². The van der Waals surface area contributed by atoms with E-state index in [1.54, 1.807) is 0 Å². The smallest absolute Gasteiger partial charge is 0.0767 e. The van der Waals surface area contributed by atoms with Gasteiger partial charge in [-0.25, -0.2) is 0 Å². The third-order valence-corrected chi connectivity index (χ3v) is 3.16. The number of terminal acetylenes is 1. The minimum atomic E-state index is -0.0999. The number of rotatable bonds is 3. The molecule has 1 rings (SSSR count). The first-order chi connectivity index (χ1) is 6.95. The van der Waals surface area contributed by atoms with E-state index in [-0.39, 0.29) is 5.54 Å². The van der Waals surface area contributed by atoms with Gasteiger partial charge >= 0.3 is 0 Å². The number of hydrogen-bond donors (Lipinski definition) is 1. The second kappa shape index (κ2) is 5.01. The maximum absolute atomic E-state index is 5.57. The molecule has 0 saturated carbocycles. The van der Waals surface area contributed by atoms with Crippen LogP contribution in [0.15, 0.2) is 0 Å². The molecule has 2 nitrogen and oxygen atoms in total. The van der Waals surface area contributed by atoms with E-state index < -0.39 is 0 Å². The van der Waals surface area contributed by atoms with Gasteiger partial charge in [-0.05, 0) is 26.2 Å². The molecule has 1 aliphatic heterocycles. The molecular weight excluding hydrogens is 184 g/mol. The predicted octanol–water partition coefficient (Wildman–Crippen LogP) is 1.72. The fraction of sp³-hybridized carbons (Fsp3) is 0.846. The summed E-state index contributed by atoms with van der Waals surface area (Å²) in [6, 6.07) is 0.603. The van der Waals surface area contributed by atoms with E-state index in [4.69, 9.17) is 6.42 Å². The summed E-state index contributed by atoms with van der Waals surface area (Å²) in [5.74, 6) is 3.63. The molecule has 1 heterocycles. The van der Waals surface area contributed by atoms with Crippen molar-refractivity contribution >= 4 is 0 Å². The van der Waals surface area contributed by atoms with Crippen molar-refractivity contribution in [2.45, 2.75) is 45.7 Å². The van der Waals surface area contributed by atoms with E-state index in [9.17, 15) is 0 Å². The van der Waals surface area contributed by atoms with Crippen LogP contribution in [0.4, 0.5) is 0 Å². The maximum Gasteiger partial charge on any atom is 0.0767 e. The normalized spacial score (nSPS) is 24.1. The largest absolute Gasteiger partial charge is 0.311 e. The summed E-state index contributed by atoms with van der Waals surface area (Å²) in [5.41, 5.74) is -0.0999. The molecule has 2 heteroatoms. The van der Waals surface area contributed by atoms with Crippen LogP contribution in [0.3, 0.4) is 0 Å². The van der Waals surface area contributed by atoms with Crippen LogP contribution < -0.4 is 5.32 Å². The summed E-state index contributed by atoms with van der Waals surface area (Å²) in [6.07, 6.45) is 6.81. The van der Waals surface area contributed by atoms with Gasteiger partial charge in [-0.15, -0.1) is 6.42 Å². The van der Waals surface area contributed by atoms with Crippen molar-refractivity contribution in [1.82, 2.24) is 10.2 Å². The molecule has 0 radical (unpaired) electrons. The lowest BCUT2D eigenvalue weighted by Crippen LogP contribution is -2.57. The highest BCUT2D eigenvalue weighted by molar-refractivity contribution is 5.09. The van der Waals surface area contributed by atoms with Crippen molar-refractivity contribution in [3.63, 3.8) is 0 Å². The number of nitrogens with one attached hydrogen (secondary N) is 1. The fourth-order valence-electron chi connectivity index (χ4n) is 2.15. The Labute approximate surface area is 94.4 Å². The Hall–Kier alpha value is -0.520. The molecule has 1 atom stereocenters. The minimum absolute atomic E-state index is 0.0999. The third-order valence-electron chi connectivity index (χ3n) is 3.16. The summed E-state index contributed by atoms with van der Waals surface area (Å²) in [6.45, 7) is 12.0. The molecule has 0 amide bonds. The van der Waals surface area contributed by atoms with Crippen LogP contribution in [0.2, 0.25) is 0 Å². The highest BCUT2D eigenvalue weighted by Gasteiger charge is 2.29. The van der Waals surface area contributed by atoms with Crippen molar-refractivity contribution in [3.05, 3.63) is 0 Å². The monoisotopic (exact) mass is 208 g/mol. The first-order valence-corrected chi connectivity index (χ1v) is 5.92. The zero-order valence-corrected chi connectivity index (χ0v) is 10.5. The minimum Gasteiger partial charge on any atom is -0.311 e. The molecule has 0 spiro atoms. The molecule has 0 bridgehead atoms. The van der Waals surface area contributed by atoms with Gasteiger partial charge < -0.3 is 5.32 Å². The molecule has 0 aromatic heterocycles. The molecule has 1 N–H and O–H groups in total. The van der Waals surface area contributed by atoms with Gasteiger partial charge in [0.05, 0.1) is 5.54 Å². The lowest BCUT2D eigenvalue weighted by Gasteiger charge is -2.41. The van der Waals surface area contributed by atoms with Crippen molar-refractivity contribution < 1.29 is 0 Å². The lowest BCUT2D eigenvalue weighted by atomic mass is 9.97. The Morgan fingerprint density at radius 1 is 1.53 bits per heavy atom. The van der Waals surface area contributed by atoms with Crippen LogP contribution in [0.25, 0.3) is 0 Å². The summed E-state index contributed by atoms with van der Waals surface area (Å²) < 4.78 is 0. The van der Waals surface area contributed by atoms with Crippen molar-refractivity contribution in [3.8, 4) is 12.3 Å². The molecule has 0 aromatic rings. The molecule has 1 aliphatic rings. The molecule has 1 fully saturated rings.